The first-order chi connectivity index (χ1) is 23.0. The van der Waals surface area contributed by atoms with E-state index in [9.17, 15) is 27.0 Å². The Labute approximate surface area is 283 Å². The maximum atomic E-state index is 13.6. The monoisotopic (exact) mass is 699 g/mol. The van der Waals surface area contributed by atoms with Crippen molar-refractivity contribution in [2.45, 2.75) is 70.8 Å². The first-order valence-corrected chi connectivity index (χ1v) is 19.4. The van der Waals surface area contributed by atoms with Crippen LogP contribution in [0.3, 0.4) is 0 Å². The number of ether oxygens (including phenoxy) is 2. The van der Waals surface area contributed by atoms with E-state index in [0.717, 1.165) is 23.1 Å². The van der Waals surface area contributed by atoms with Crippen LogP contribution in [-0.4, -0.2) is 99.8 Å². The summed E-state index contributed by atoms with van der Waals surface area (Å²) < 4.78 is 65.5. The number of sulfonamides is 1. The molecule has 0 unspecified atom stereocenters. The number of nitrogens with two attached hydrogens (primary N) is 1. The van der Waals surface area contributed by atoms with Crippen LogP contribution in [0.2, 0.25) is 0 Å². The number of benzene rings is 3. The summed E-state index contributed by atoms with van der Waals surface area (Å²) in [6.07, 6.45) is 2.68. The van der Waals surface area contributed by atoms with E-state index in [1.165, 1.54) is 12.1 Å². The number of hydrogen-bond donors (Lipinski definition) is 4. The fraction of sp³-hybridized carbons (Fsp3) is 0.486. The third kappa shape index (κ3) is 7.34. The van der Waals surface area contributed by atoms with Crippen LogP contribution in [0.15, 0.2) is 82.6 Å². The first-order valence-electron chi connectivity index (χ1n) is 16.5. The molecule has 3 aromatic rings. The van der Waals surface area contributed by atoms with Crippen LogP contribution < -0.4 is 15.8 Å². The molecule has 3 aliphatic rings. The van der Waals surface area contributed by atoms with Gasteiger partial charge in [-0.2, -0.15) is 4.31 Å². The molecule has 0 aromatic heterocycles. The zero-order valence-electron chi connectivity index (χ0n) is 27.0. The molecule has 1 saturated carbocycles. The summed E-state index contributed by atoms with van der Waals surface area (Å²) in [5, 5.41) is 23.5. The molecule has 1 spiro atoms. The van der Waals surface area contributed by atoms with Gasteiger partial charge < -0.3 is 30.7 Å². The molecule has 3 fully saturated rings. The predicted octanol–water partition coefficient (Wildman–Crippen LogP) is 2.50. The molecule has 48 heavy (non-hydrogen) atoms. The van der Waals surface area contributed by atoms with Gasteiger partial charge in [0.05, 0.1) is 33.4 Å². The minimum absolute atomic E-state index is 0.00240. The van der Waals surface area contributed by atoms with Gasteiger partial charge >= 0.3 is 0 Å². The second kappa shape index (κ2) is 14.2. The number of aliphatic hydroxyl groups is 2. The lowest BCUT2D eigenvalue weighted by atomic mass is 9.88. The highest BCUT2D eigenvalue weighted by molar-refractivity contribution is 7.93. The molecule has 0 amide bonds. The Bertz CT molecular complexity index is 1790. The third-order valence-corrected chi connectivity index (χ3v) is 14.3. The summed E-state index contributed by atoms with van der Waals surface area (Å²) in [5.74, 6) is 0.331. The average Bonchev–Trinajstić information content (AvgIpc) is 3.83. The maximum Gasteiger partial charge on any atom is 0.243 e. The van der Waals surface area contributed by atoms with E-state index in [1.54, 1.807) is 34.6 Å². The molecule has 6 rings (SSSR count). The van der Waals surface area contributed by atoms with Crippen molar-refractivity contribution in [2.75, 3.05) is 46.0 Å². The van der Waals surface area contributed by atoms with Crippen LogP contribution in [0.1, 0.15) is 37.7 Å². The van der Waals surface area contributed by atoms with E-state index in [-0.39, 0.29) is 29.0 Å². The zero-order chi connectivity index (χ0) is 34.0. The molecule has 0 radical (unpaired) electrons. The van der Waals surface area contributed by atoms with E-state index < -0.39 is 42.9 Å². The largest absolute Gasteiger partial charge is 0.491 e. The average molecular weight is 700 g/mol. The van der Waals surface area contributed by atoms with Crippen LogP contribution >= 0.6 is 0 Å². The molecule has 2 aliphatic heterocycles. The highest BCUT2D eigenvalue weighted by Crippen LogP contribution is 2.46. The fourth-order valence-corrected chi connectivity index (χ4v) is 9.99. The van der Waals surface area contributed by atoms with Crippen molar-refractivity contribution >= 4 is 19.9 Å². The summed E-state index contributed by atoms with van der Waals surface area (Å²) in [6, 6.07) is 21.3. The van der Waals surface area contributed by atoms with Crippen LogP contribution in [0, 0.1) is 0 Å². The third-order valence-electron chi connectivity index (χ3n) is 9.90. The molecule has 11 nitrogen and oxygen atoms in total. The molecular weight excluding hydrogens is 655 g/mol. The molecule has 3 aromatic carbocycles. The number of sulfone groups is 1. The molecule has 2 heterocycles. The summed E-state index contributed by atoms with van der Waals surface area (Å²) in [5.41, 5.74) is 8.17. The highest BCUT2D eigenvalue weighted by atomic mass is 32.2. The number of hydrogen-bond acceptors (Lipinski definition) is 10. The van der Waals surface area contributed by atoms with Gasteiger partial charge in [-0.05, 0) is 92.1 Å². The zero-order valence-corrected chi connectivity index (χ0v) is 28.6. The van der Waals surface area contributed by atoms with Crippen molar-refractivity contribution in [1.29, 1.82) is 0 Å². The minimum atomic E-state index is -3.68. The second-order valence-corrected chi connectivity index (χ2v) is 17.5. The number of rotatable bonds is 14. The lowest BCUT2D eigenvalue weighted by Crippen LogP contribution is -2.47. The van der Waals surface area contributed by atoms with Gasteiger partial charge in [-0.25, -0.2) is 16.8 Å². The van der Waals surface area contributed by atoms with Crippen molar-refractivity contribution in [1.82, 2.24) is 9.62 Å². The van der Waals surface area contributed by atoms with Crippen molar-refractivity contribution in [3.63, 3.8) is 0 Å². The van der Waals surface area contributed by atoms with Crippen LogP contribution in [0.4, 0.5) is 0 Å². The molecule has 1 aliphatic carbocycles. The molecule has 2 atom stereocenters. The highest BCUT2D eigenvalue weighted by Gasteiger charge is 2.54. The van der Waals surface area contributed by atoms with Gasteiger partial charge in [-0.1, -0.05) is 42.5 Å². The Morgan fingerprint density at radius 2 is 1.65 bits per heavy atom. The van der Waals surface area contributed by atoms with Gasteiger partial charge in [-0.15, -0.1) is 0 Å². The summed E-state index contributed by atoms with van der Waals surface area (Å²) in [7, 11) is -7.36. The standard InChI is InChI=1S/C35H45N3O8S2/c36-16-11-26-7-9-27(10-8-26)28-3-1-6-33(19-28)48(43,44)38-17-14-34(15-18-38)21-29(23-46-34)37-22-30(40)24-45-31-4-2-5-32(20-31)47(41,42)35(25-39)12-13-35/h1-10,19-20,29-30,37,39-40H,11-18,21-25,36H2/t29-,30+/m1/s1. The van der Waals surface area contributed by atoms with E-state index in [4.69, 9.17) is 15.2 Å². The van der Waals surface area contributed by atoms with E-state index >= 15 is 0 Å². The van der Waals surface area contributed by atoms with E-state index in [0.29, 0.717) is 64.1 Å². The lowest BCUT2D eigenvalue weighted by Gasteiger charge is -2.38. The minimum Gasteiger partial charge on any atom is -0.491 e. The normalized spacial score (nSPS) is 21.3. The summed E-state index contributed by atoms with van der Waals surface area (Å²) >= 11 is 0. The Kier molecular flexibility index (Phi) is 10.3. The van der Waals surface area contributed by atoms with Gasteiger partial charge in [0.1, 0.15) is 18.5 Å². The Morgan fingerprint density at radius 3 is 2.33 bits per heavy atom. The SMILES string of the molecule is NCCc1ccc(-c2cccc(S(=O)(=O)N3CCC4(CC3)C[C@@H](NC[C@H](O)COc3cccc(S(=O)(=O)C5(CO)CC5)c3)CO4)c2)cc1. The van der Waals surface area contributed by atoms with E-state index in [2.05, 4.69) is 5.32 Å². The van der Waals surface area contributed by atoms with Crippen LogP contribution in [0.25, 0.3) is 11.1 Å². The molecule has 260 valence electrons. The smallest absolute Gasteiger partial charge is 0.243 e. The van der Waals surface area contributed by atoms with Crippen molar-refractivity contribution in [2.24, 2.45) is 5.73 Å². The Morgan fingerprint density at radius 1 is 0.938 bits per heavy atom. The van der Waals surface area contributed by atoms with Gasteiger partial charge in [0.15, 0.2) is 9.84 Å². The number of piperidine rings is 1. The Balaban J connectivity index is 0.973. The predicted molar refractivity (Wildman–Crippen MR) is 182 cm³/mol. The second-order valence-electron chi connectivity index (χ2n) is 13.3. The van der Waals surface area contributed by atoms with E-state index in [1.807, 2.05) is 30.3 Å². The lowest BCUT2D eigenvalue weighted by molar-refractivity contribution is -0.0312. The molecule has 13 heteroatoms. The van der Waals surface area contributed by atoms with Gasteiger partial charge in [0.2, 0.25) is 10.0 Å². The van der Waals surface area contributed by atoms with Gasteiger partial charge in [-0.3, -0.25) is 0 Å². The van der Waals surface area contributed by atoms with Crippen molar-refractivity contribution < 1.29 is 36.5 Å². The number of nitrogens with zero attached hydrogens (tertiary/aromatic N) is 1. The maximum absolute atomic E-state index is 13.6. The topological polar surface area (TPSA) is 168 Å². The first kappa shape index (κ1) is 35.0. The quantitative estimate of drug-likeness (QED) is 0.196. The molecule has 2 saturated heterocycles. The summed E-state index contributed by atoms with van der Waals surface area (Å²) in [6.45, 7) is 1.56. The van der Waals surface area contributed by atoms with Crippen molar-refractivity contribution in [3.05, 3.63) is 78.4 Å². The molecule has 0 bridgehead atoms. The molecule has 5 N–H and O–H groups in total. The van der Waals surface area contributed by atoms with Crippen LogP contribution in [-0.2, 0) is 31.0 Å². The van der Waals surface area contributed by atoms with Crippen LogP contribution in [0.5, 0.6) is 5.75 Å². The van der Waals surface area contributed by atoms with Gasteiger partial charge in [0.25, 0.3) is 0 Å². The summed E-state index contributed by atoms with van der Waals surface area (Å²) in [4.78, 5) is 0.375. The number of aliphatic hydroxyl groups excluding tert-OH is 2. The fourth-order valence-electron chi connectivity index (χ4n) is 6.66. The Hall–Kier alpha value is -2.88. The number of nitrogens with one attached hydrogen (secondary N) is 1. The van der Waals surface area contributed by atoms with Gasteiger partial charge in [0, 0.05) is 25.7 Å². The molecular formula is C35H45N3O8S2. The van der Waals surface area contributed by atoms with Crippen molar-refractivity contribution in [3.8, 4) is 16.9 Å².